The van der Waals surface area contributed by atoms with E-state index in [1.165, 1.54) is 0 Å². The Morgan fingerprint density at radius 2 is 2.16 bits per heavy atom. The molecule has 0 aliphatic rings. The lowest BCUT2D eigenvalue weighted by Crippen LogP contribution is -2.31. The van der Waals surface area contributed by atoms with Gasteiger partial charge in [-0.25, -0.2) is 0 Å². The maximum absolute atomic E-state index is 11.7. The third kappa shape index (κ3) is 4.89. The fraction of sp³-hybridized carbons (Fsp3) is 0.500. The predicted octanol–water partition coefficient (Wildman–Crippen LogP) is 0.984. The van der Waals surface area contributed by atoms with E-state index in [9.17, 15) is 4.79 Å². The molecule has 1 aromatic rings. The molecule has 1 aromatic carbocycles. The van der Waals surface area contributed by atoms with E-state index >= 15 is 0 Å². The molecule has 0 saturated carbocycles. The number of hydrogen-bond donors (Lipinski definition) is 2. The van der Waals surface area contributed by atoms with Crippen molar-refractivity contribution in [3.05, 3.63) is 29.3 Å². The summed E-state index contributed by atoms with van der Waals surface area (Å²) < 4.78 is 10.3. The first-order valence-electron chi connectivity index (χ1n) is 6.23. The molecular weight excluding hydrogens is 244 g/mol. The summed E-state index contributed by atoms with van der Waals surface area (Å²) in [6.45, 7) is 2.78. The van der Waals surface area contributed by atoms with Gasteiger partial charge in [-0.1, -0.05) is 12.1 Å². The van der Waals surface area contributed by atoms with Crippen molar-refractivity contribution in [2.45, 2.75) is 26.0 Å². The van der Waals surface area contributed by atoms with Gasteiger partial charge in [0.15, 0.2) is 0 Å². The van der Waals surface area contributed by atoms with Crippen molar-refractivity contribution in [1.82, 2.24) is 5.32 Å². The normalized spacial score (nSPS) is 12.0. The van der Waals surface area contributed by atoms with Crippen molar-refractivity contribution in [3.63, 3.8) is 0 Å². The first-order valence-corrected chi connectivity index (χ1v) is 6.23. The van der Waals surface area contributed by atoms with E-state index in [0.29, 0.717) is 13.1 Å². The van der Waals surface area contributed by atoms with Crippen molar-refractivity contribution in [1.29, 1.82) is 0 Å². The minimum absolute atomic E-state index is 0.0724. The number of nitrogens with one attached hydrogen (secondary N) is 1. The summed E-state index contributed by atoms with van der Waals surface area (Å²) in [5.74, 6) is 0.750. The number of nitrogens with two attached hydrogens (primary N) is 1. The molecule has 5 heteroatoms. The Morgan fingerprint density at radius 1 is 1.42 bits per heavy atom. The zero-order valence-corrected chi connectivity index (χ0v) is 11.7. The van der Waals surface area contributed by atoms with Gasteiger partial charge >= 0.3 is 0 Å². The predicted molar refractivity (Wildman–Crippen MR) is 74.0 cm³/mol. The quantitative estimate of drug-likeness (QED) is 0.771. The molecule has 0 spiro atoms. The molecule has 0 aromatic heterocycles. The average molecular weight is 266 g/mol. The van der Waals surface area contributed by atoms with Gasteiger partial charge in [0, 0.05) is 20.2 Å². The first-order chi connectivity index (χ1) is 9.10. The number of benzene rings is 1. The second-order valence-corrected chi connectivity index (χ2v) is 4.38. The van der Waals surface area contributed by atoms with E-state index in [1.54, 1.807) is 14.2 Å². The van der Waals surface area contributed by atoms with Crippen LogP contribution < -0.4 is 15.8 Å². The summed E-state index contributed by atoms with van der Waals surface area (Å²) in [5.41, 5.74) is 7.54. The fourth-order valence-corrected chi connectivity index (χ4v) is 1.72. The molecule has 0 bridgehead atoms. The number of rotatable bonds is 7. The maximum Gasteiger partial charge on any atom is 0.222 e. The van der Waals surface area contributed by atoms with E-state index < -0.39 is 0 Å². The summed E-state index contributed by atoms with van der Waals surface area (Å²) in [6.07, 6.45) is 0.0447. The molecule has 1 unspecified atom stereocenters. The summed E-state index contributed by atoms with van der Waals surface area (Å²) in [5, 5.41) is 2.84. The molecule has 0 aliphatic heterocycles. The van der Waals surface area contributed by atoms with Crippen LogP contribution in [-0.4, -0.2) is 32.8 Å². The molecule has 1 atom stereocenters. The van der Waals surface area contributed by atoms with Gasteiger partial charge < -0.3 is 20.5 Å². The molecule has 5 nitrogen and oxygen atoms in total. The summed E-state index contributed by atoms with van der Waals surface area (Å²) in [6, 6.07) is 5.86. The van der Waals surface area contributed by atoms with Crippen LogP contribution in [0.15, 0.2) is 18.2 Å². The number of carbonyl (C=O) groups excluding carboxylic acids is 1. The SMILES string of the molecule is COc1cc(CNC(=O)CC(CN)OC)ccc1C. The number of amides is 1. The van der Waals surface area contributed by atoms with Crippen LogP contribution in [0.2, 0.25) is 0 Å². The van der Waals surface area contributed by atoms with Crippen LogP contribution in [0.25, 0.3) is 0 Å². The van der Waals surface area contributed by atoms with Crippen molar-refractivity contribution in [3.8, 4) is 5.75 Å². The van der Waals surface area contributed by atoms with Crippen LogP contribution in [0, 0.1) is 6.92 Å². The summed E-state index contributed by atoms with van der Waals surface area (Å²) in [7, 11) is 3.19. The lowest BCUT2D eigenvalue weighted by atomic mass is 10.1. The molecule has 1 amide bonds. The standard InChI is InChI=1S/C14H22N2O3/c1-10-4-5-11(6-13(10)19-3)9-16-14(17)7-12(8-15)18-2/h4-6,12H,7-9,15H2,1-3H3,(H,16,17). The van der Waals surface area contributed by atoms with E-state index in [1.807, 2.05) is 25.1 Å². The van der Waals surface area contributed by atoms with Crippen molar-refractivity contribution < 1.29 is 14.3 Å². The Morgan fingerprint density at radius 3 is 2.74 bits per heavy atom. The number of carbonyl (C=O) groups is 1. The second-order valence-electron chi connectivity index (χ2n) is 4.38. The first kappa shape index (κ1) is 15.5. The Labute approximate surface area is 114 Å². The van der Waals surface area contributed by atoms with Gasteiger partial charge in [-0.05, 0) is 24.1 Å². The van der Waals surface area contributed by atoms with Crippen LogP contribution >= 0.6 is 0 Å². The molecular formula is C14H22N2O3. The highest BCUT2D eigenvalue weighted by molar-refractivity contribution is 5.76. The fourth-order valence-electron chi connectivity index (χ4n) is 1.72. The zero-order valence-electron chi connectivity index (χ0n) is 11.7. The molecule has 0 saturated heterocycles. The van der Waals surface area contributed by atoms with Gasteiger partial charge in [0.05, 0.1) is 19.6 Å². The van der Waals surface area contributed by atoms with Crippen LogP contribution in [0.3, 0.4) is 0 Å². The average Bonchev–Trinajstić information content (AvgIpc) is 2.43. The number of ether oxygens (including phenoxy) is 2. The molecule has 0 heterocycles. The monoisotopic (exact) mass is 266 g/mol. The Bertz CT molecular complexity index is 417. The molecule has 1 rings (SSSR count). The minimum Gasteiger partial charge on any atom is -0.496 e. The number of hydrogen-bond acceptors (Lipinski definition) is 4. The second kappa shape index (κ2) is 7.76. The van der Waals surface area contributed by atoms with Crippen molar-refractivity contribution in [2.24, 2.45) is 5.73 Å². The van der Waals surface area contributed by atoms with E-state index in [2.05, 4.69) is 5.32 Å². The highest BCUT2D eigenvalue weighted by Crippen LogP contribution is 2.18. The Hall–Kier alpha value is -1.59. The molecule has 19 heavy (non-hydrogen) atoms. The third-order valence-electron chi connectivity index (χ3n) is 2.97. The topological polar surface area (TPSA) is 73.6 Å². The minimum atomic E-state index is -0.229. The van der Waals surface area contributed by atoms with Crippen molar-refractivity contribution >= 4 is 5.91 Å². The van der Waals surface area contributed by atoms with Gasteiger partial charge in [0.1, 0.15) is 5.75 Å². The van der Waals surface area contributed by atoms with Gasteiger partial charge in [-0.3, -0.25) is 4.79 Å². The Kier molecular flexibility index (Phi) is 6.32. The molecule has 0 fully saturated rings. The highest BCUT2D eigenvalue weighted by Gasteiger charge is 2.11. The molecule has 106 valence electrons. The maximum atomic E-state index is 11.7. The number of aryl methyl sites for hydroxylation is 1. The Balaban J connectivity index is 2.50. The largest absolute Gasteiger partial charge is 0.496 e. The molecule has 0 aliphatic carbocycles. The summed E-state index contributed by atoms with van der Waals surface area (Å²) >= 11 is 0. The van der Waals surface area contributed by atoms with Crippen LogP contribution in [0.4, 0.5) is 0 Å². The van der Waals surface area contributed by atoms with Gasteiger partial charge in [0.25, 0.3) is 0 Å². The van der Waals surface area contributed by atoms with Gasteiger partial charge in [-0.15, -0.1) is 0 Å². The van der Waals surface area contributed by atoms with Crippen LogP contribution in [-0.2, 0) is 16.1 Å². The lowest BCUT2D eigenvalue weighted by molar-refractivity contribution is -0.123. The third-order valence-corrected chi connectivity index (χ3v) is 2.97. The van der Waals surface area contributed by atoms with Gasteiger partial charge in [0.2, 0.25) is 5.91 Å². The zero-order chi connectivity index (χ0) is 14.3. The number of methoxy groups -OCH3 is 2. The summed E-state index contributed by atoms with van der Waals surface area (Å²) in [4.78, 5) is 11.7. The highest BCUT2D eigenvalue weighted by atomic mass is 16.5. The van der Waals surface area contributed by atoms with Crippen LogP contribution in [0.5, 0.6) is 5.75 Å². The van der Waals surface area contributed by atoms with Crippen molar-refractivity contribution in [2.75, 3.05) is 20.8 Å². The molecule has 0 radical (unpaired) electrons. The molecule has 3 N–H and O–H groups in total. The van der Waals surface area contributed by atoms with Crippen LogP contribution in [0.1, 0.15) is 17.5 Å². The smallest absolute Gasteiger partial charge is 0.222 e. The van der Waals surface area contributed by atoms with E-state index in [-0.39, 0.29) is 18.4 Å². The van der Waals surface area contributed by atoms with E-state index in [4.69, 9.17) is 15.2 Å². The van der Waals surface area contributed by atoms with E-state index in [0.717, 1.165) is 16.9 Å². The van der Waals surface area contributed by atoms with Gasteiger partial charge in [-0.2, -0.15) is 0 Å². The lowest BCUT2D eigenvalue weighted by Gasteiger charge is -2.13.